The van der Waals surface area contributed by atoms with Gasteiger partial charge in [-0.1, -0.05) is 0 Å². The third-order valence-electron chi connectivity index (χ3n) is 3.35. The molecule has 0 bridgehead atoms. The zero-order valence-electron chi connectivity index (χ0n) is 11.3. The highest BCUT2D eigenvalue weighted by Crippen LogP contribution is 2.17. The largest absolute Gasteiger partial charge is 0.354 e. The van der Waals surface area contributed by atoms with Gasteiger partial charge in [-0.2, -0.15) is 0 Å². The monoisotopic (exact) mass is 292 g/mol. The third-order valence-corrected chi connectivity index (χ3v) is 4.24. The minimum Gasteiger partial charge on any atom is -0.354 e. The number of amides is 2. The lowest BCUT2D eigenvalue weighted by Gasteiger charge is -2.18. The molecule has 1 N–H and O–H groups in total. The van der Waals surface area contributed by atoms with Crippen LogP contribution in [-0.2, 0) is 16.0 Å². The fourth-order valence-corrected chi connectivity index (χ4v) is 3.27. The van der Waals surface area contributed by atoms with Crippen LogP contribution in [0.3, 0.4) is 0 Å². The van der Waals surface area contributed by atoms with Crippen molar-refractivity contribution in [1.82, 2.24) is 19.6 Å². The number of nitrogens with one attached hydrogen (secondary N) is 1. The highest BCUT2D eigenvalue weighted by atomic mass is 32.1. The van der Waals surface area contributed by atoms with Crippen LogP contribution in [0.15, 0.2) is 11.6 Å². The molecule has 1 aliphatic heterocycles. The van der Waals surface area contributed by atoms with Crippen molar-refractivity contribution in [2.24, 2.45) is 0 Å². The van der Waals surface area contributed by atoms with Gasteiger partial charge in [-0.25, -0.2) is 4.98 Å². The van der Waals surface area contributed by atoms with Crippen LogP contribution in [0.5, 0.6) is 0 Å². The molecule has 7 heteroatoms. The summed E-state index contributed by atoms with van der Waals surface area (Å²) >= 11 is 1.53. The Labute approximate surface area is 120 Å². The van der Waals surface area contributed by atoms with Crippen LogP contribution in [0.2, 0.25) is 0 Å². The predicted octanol–water partition coefficient (Wildman–Crippen LogP) is 0.595. The number of rotatable bonds is 2. The molecule has 3 rings (SSSR count). The fraction of sp³-hybridized carbons (Fsp3) is 0.462. The second-order valence-corrected chi connectivity index (χ2v) is 5.79. The second kappa shape index (κ2) is 5.24. The van der Waals surface area contributed by atoms with Gasteiger partial charge >= 0.3 is 0 Å². The van der Waals surface area contributed by atoms with Gasteiger partial charge in [0, 0.05) is 30.4 Å². The Hall–Kier alpha value is -1.89. The highest BCUT2D eigenvalue weighted by Gasteiger charge is 2.21. The Balaban J connectivity index is 1.76. The molecule has 106 valence electrons. The summed E-state index contributed by atoms with van der Waals surface area (Å²) in [7, 11) is 0. The molecule has 0 unspecified atom stereocenters. The normalized spacial score (nSPS) is 16.2. The standard InChI is InChI=1S/C13H16N4O2S/c1-9-6-17-10(8-20-13(17)15-9)5-12(19)16-4-2-3-14-11(18)7-16/h6,8H,2-5,7H2,1H3,(H,14,18). The summed E-state index contributed by atoms with van der Waals surface area (Å²) in [6.45, 7) is 3.37. The topological polar surface area (TPSA) is 66.7 Å². The highest BCUT2D eigenvalue weighted by molar-refractivity contribution is 7.15. The van der Waals surface area contributed by atoms with Crippen LogP contribution in [0.25, 0.3) is 4.96 Å². The van der Waals surface area contributed by atoms with E-state index in [1.807, 2.05) is 22.9 Å². The quantitative estimate of drug-likeness (QED) is 0.881. The Morgan fingerprint density at radius 3 is 3.25 bits per heavy atom. The maximum atomic E-state index is 12.3. The van der Waals surface area contributed by atoms with Crippen molar-refractivity contribution < 1.29 is 9.59 Å². The van der Waals surface area contributed by atoms with Crippen molar-refractivity contribution >= 4 is 28.1 Å². The minimum absolute atomic E-state index is 0.00639. The summed E-state index contributed by atoms with van der Waals surface area (Å²) in [5.41, 5.74) is 1.87. The summed E-state index contributed by atoms with van der Waals surface area (Å²) in [6.07, 6.45) is 3.05. The average Bonchev–Trinajstić information content (AvgIpc) is 2.84. The van der Waals surface area contributed by atoms with Gasteiger partial charge in [0.05, 0.1) is 18.7 Å². The van der Waals surface area contributed by atoms with Gasteiger partial charge in [0.25, 0.3) is 0 Å². The van der Waals surface area contributed by atoms with E-state index >= 15 is 0 Å². The summed E-state index contributed by atoms with van der Waals surface area (Å²) < 4.78 is 1.95. The predicted molar refractivity (Wildman–Crippen MR) is 75.7 cm³/mol. The average molecular weight is 292 g/mol. The number of hydrogen-bond acceptors (Lipinski definition) is 4. The molecule has 3 heterocycles. The SMILES string of the molecule is Cc1cn2c(CC(=O)N3CCCNC(=O)C3)csc2n1. The van der Waals surface area contributed by atoms with Crippen molar-refractivity contribution in [1.29, 1.82) is 0 Å². The zero-order chi connectivity index (χ0) is 14.1. The minimum atomic E-state index is -0.0789. The van der Waals surface area contributed by atoms with Crippen LogP contribution < -0.4 is 5.32 Å². The van der Waals surface area contributed by atoms with Gasteiger partial charge in [0.2, 0.25) is 11.8 Å². The van der Waals surface area contributed by atoms with Crippen molar-refractivity contribution in [3.8, 4) is 0 Å². The van der Waals surface area contributed by atoms with E-state index < -0.39 is 0 Å². The van der Waals surface area contributed by atoms with E-state index in [0.29, 0.717) is 19.5 Å². The first-order valence-corrected chi connectivity index (χ1v) is 7.48. The molecule has 2 aromatic heterocycles. The number of carbonyl (C=O) groups is 2. The third kappa shape index (κ3) is 2.53. The molecule has 1 saturated heterocycles. The van der Waals surface area contributed by atoms with Gasteiger partial charge in [-0.15, -0.1) is 11.3 Å². The molecule has 0 spiro atoms. The van der Waals surface area contributed by atoms with Gasteiger partial charge in [0.1, 0.15) is 0 Å². The summed E-state index contributed by atoms with van der Waals surface area (Å²) in [4.78, 5) is 30.7. The van der Waals surface area contributed by atoms with E-state index in [9.17, 15) is 9.59 Å². The number of fused-ring (bicyclic) bond motifs is 1. The first-order chi connectivity index (χ1) is 9.63. The Bertz CT molecular complexity index is 660. The molecule has 6 nitrogen and oxygen atoms in total. The number of hydrogen-bond donors (Lipinski definition) is 1. The van der Waals surface area contributed by atoms with E-state index in [1.54, 1.807) is 4.90 Å². The number of imidazole rings is 1. The number of carbonyl (C=O) groups excluding carboxylic acids is 2. The van der Waals surface area contributed by atoms with Crippen molar-refractivity contribution in [2.45, 2.75) is 19.8 Å². The molecule has 1 aliphatic rings. The molecule has 0 radical (unpaired) electrons. The summed E-state index contributed by atoms with van der Waals surface area (Å²) in [6, 6.07) is 0. The lowest BCUT2D eigenvalue weighted by atomic mass is 10.2. The molecule has 0 atom stereocenters. The van der Waals surface area contributed by atoms with Gasteiger partial charge in [-0.05, 0) is 13.3 Å². The van der Waals surface area contributed by atoms with E-state index in [-0.39, 0.29) is 18.4 Å². The van der Waals surface area contributed by atoms with Crippen LogP contribution in [0.4, 0.5) is 0 Å². The number of thiazole rings is 1. The molecule has 1 fully saturated rings. The summed E-state index contributed by atoms with van der Waals surface area (Å²) in [5, 5.41) is 4.73. The van der Waals surface area contributed by atoms with Crippen LogP contribution >= 0.6 is 11.3 Å². The molecular formula is C13H16N4O2S. The molecule has 0 aromatic carbocycles. The van der Waals surface area contributed by atoms with Gasteiger partial charge in [0.15, 0.2) is 4.96 Å². The first-order valence-electron chi connectivity index (χ1n) is 6.60. The molecule has 0 aliphatic carbocycles. The number of aryl methyl sites for hydroxylation is 1. The molecule has 20 heavy (non-hydrogen) atoms. The van der Waals surface area contributed by atoms with E-state index in [4.69, 9.17) is 0 Å². The first kappa shape index (κ1) is 13.1. The van der Waals surface area contributed by atoms with Crippen LogP contribution in [-0.4, -0.2) is 45.7 Å². The van der Waals surface area contributed by atoms with Gasteiger partial charge < -0.3 is 10.2 Å². The molecule has 0 saturated carbocycles. The Morgan fingerprint density at radius 1 is 1.55 bits per heavy atom. The lowest BCUT2D eigenvalue weighted by molar-refractivity contribution is -0.134. The Kier molecular flexibility index (Phi) is 3.43. The van der Waals surface area contributed by atoms with Crippen molar-refractivity contribution in [3.05, 3.63) is 23.0 Å². The van der Waals surface area contributed by atoms with Gasteiger partial charge in [-0.3, -0.25) is 14.0 Å². The smallest absolute Gasteiger partial charge is 0.239 e. The van der Waals surface area contributed by atoms with Crippen molar-refractivity contribution in [3.63, 3.8) is 0 Å². The Morgan fingerprint density at radius 2 is 2.40 bits per heavy atom. The lowest BCUT2D eigenvalue weighted by Crippen LogP contribution is -2.38. The molecule has 2 aromatic rings. The van der Waals surface area contributed by atoms with Crippen LogP contribution in [0.1, 0.15) is 17.8 Å². The number of nitrogens with zero attached hydrogens (tertiary/aromatic N) is 3. The molecular weight excluding hydrogens is 276 g/mol. The second-order valence-electron chi connectivity index (χ2n) is 4.96. The fourth-order valence-electron chi connectivity index (χ4n) is 2.35. The maximum Gasteiger partial charge on any atom is 0.239 e. The van der Waals surface area contributed by atoms with E-state index in [2.05, 4.69) is 10.3 Å². The number of aromatic nitrogens is 2. The molecule has 2 amide bonds. The van der Waals surface area contributed by atoms with Crippen molar-refractivity contribution in [2.75, 3.05) is 19.6 Å². The maximum absolute atomic E-state index is 12.3. The van der Waals surface area contributed by atoms with E-state index in [1.165, 1.54) is 11.3 Å². The zero-order valence-corrected chi connectivity index (χ0v) is 12.1. The summed E-state index contributed by atoms with van der Waals surface area (Å²) in [5.74, 6) is -0.0853. The van der Waals surface area contributed by atoms with Crippen LogP contribution in [0, 0.1) is 6.92 Å². The van der Waals surface area contributed by atoms with E-state index in [0.717, 1.165) is 22.8 Å².